The van der Waals surface area contributed by atoms with E-state index >= 15 is 0 Å². The summed E-state index contributed by atoms with van der Waals surface area (Å²) in [6, 6.07) is 21.6. The Balaban J connectivity index is 1.73. The maximum absolute atomic E-state index is 14.0. The van der Waals surface area contributed by atoms with E-state index in [2.05, 4.69) is 86.7 Å². The molecule has 28 heavy (non-hydrogen) atoms. The second-order valence-electron chi connectivity index (χ2n) is 9.41. The Kier molecular flexibility index (Phi) is 3.16. The maximum Gasteiger partial charge on any atom is 0.166 e. The molecule has 0 aromatic heterocycles. The van der Waals surface area contributed by atoms with Gasteiger partial charge in [-0.1, -0.05) is 79.7 Å². The predicted molar refractivity (Wildman–Crippen MR) is 113 cm³/mol. The third kappa shape index (κ3) is 1.61. The summed E-state index contributed by atoms with van der Waals surface area (Å²) in [5.74, 6) is 2.52. The molecule has 0 amide bonds. The van der Waals surface area contributed by atoms with Gasteiger partial charge in [0.05, 0.1) is 5.41 Å². The van der Waals surface area contributed by atoms with Crippen molar-refractivity contribution in [2.45, 2.75) is 32.1 Å². The van der Waals surface area contributed by atoms with Gasteiger partial charge in [-0.15, -0.1) is 0 Å². The van der Waals surface area contributed by atoms with Crippen molar-refractivity contribution in [2.24, 2.45) is 29.1 Å². The number of ketones is 1. The summed E-state index contributed by atoms with van der Waals surface area (Å²) < 4.78 is 0. The summed E-state index contributed by atoms with van der Waals surface area (Å²) in [4.78, 5) is 14.0. The highest BCUT2D eigenvalue weighted by Gasteiger charge is 2.74. The zero-order chi connectivity index (χ0) is 19.1. The summed E-state index contributed by atoms with van der Waals surface area (Å²) in [6.45, 7) is 4.37. The lowest BCUT2D eigenvalue weighted by atomic mass is 9.34. The fourth-order valence-electron chi connectivity index (χ4n) is 7.61. The number of carbonyl (C=O) groups excluding carboxylic acids is 1. The molecule has 5 aliphatic carbocycles. The zero-order valence-electron chi connectivity index (χ0n) is 16.6. The third-order valence-electron chi connectivity index (χ3n) is 8.69. The van der Waals surface area contributed by atoms with Crippen molar-refractivity contribution in [1.82, 2.24) is 0 Å². The summed E-state index contributed by atoms with van der Waals surface area (Å²) in [5, 5.41) is 0. The Labute approximate surface area is 167 Å². The van der Waals surface area contributed by atoms with Crippen molar-refractivity contribution < 1.29 is 4.79 Å². The van der Waals surface area contributed by atoms with Crippen molar-refractivity contribution in [2.75, 3.05) is 0 Å². The normalized spacial score (nSPS) is 40.3. The van der Waals surface area contributed by atoms with Crippen LogP contribution in [0.25, 0.3) is 5.57 Å². The molecule has 0 radical (unpaired) electrons. The van der Waals surface area contributed by atoms with E-state index in [0.717, 1.165) is 5.57 Å². The summed E-state index contributed by atoms with van der Waals surface area (Å²) in [5.41, 5.74) is 4.18. The summed E-state index contributed by atoms with van der Waals surface area (Å²) >= 11 is 0. The molecule has 7 rings (SSSR count). The van der Waals surface area contributed by atoms with Gasteiger partial charge in [-0.2, -0.15) is 0 Å². The number of hydrogen-bond donors (Lipinski definition) is 0. The Morgan fingerprint density at radius 1 is 0.821 bits per heavy atom. The average molecular weight is 367 g/mol. The SMILES string of the molecule is CC1=C(c2ccccc2)[C@]2(c3ccccc3)[C@H]3C=C[C@@H]([C@@H]4CC[C@@H]43)[C@@]2(C)C1=O. The zero-order valence-corrected chi connectivity index (χ0v) is 16.6. The highest BCUT2D eigenvalue weighted by Crippen LogP contribution is 2.76. The van der Waals surface area contributed by atoms with Gasteiger partial charge in [0, 0.05) is 5.41 Å². The molecule has 5 aliphatic rings. The summed E-state index contributed by atoms with van der Waals surface area (Å²) in [6.07, 6.45) is 7.47. The summed E-state index contributed by atoms with van der Waals surface area (Å²) in [7, 11) is 0. The highest BCUT2D eigenvalue weighted by molar-refractivity contribution is 6.15. The van der Waals surface area contributed by atoms with Gasteiger partial charge in [-0.25, -0.2) is 0 Å². The average Bonchev–Trinajstić information content (AvgIpc) is 2.90. The van der Waals surface area contributed by atoms with Gasteiger partial charge < -0.3 is 0 Å². The smallest absolute Gasteiger partial charge is 0.166 e. The Morgan fingerprint density at radius 2 is 1.39 bits per heavy atom. The van der Waals surface area contributed by atoms with Crippen LogP contribution in [0.3, 0.4) is 0 Å². The molecule has 0 spiro atoms. The van der Waals surface area contributed by atoms with E-state index in [1.54, 1.807) is 0 Å². The van der Waals surface area contributed by atoms with E-state index in [9.17, 15) is 4.79 Å². The van der Waals surface area contributed by atoms with Gasteiger partial charge in [0.1, 0.15) is 0 Å². The minimum atomic E-state index is -0.384. The van der Waals surface area contributed by atoms with Gasteiger partial charge in [-0.05, 0) is 65.7 Å². The minimum Gasteiger partial charge on any atom is -0.294 e. The van der Waals surface area contributed by atoms with E-state index in [1.165, 1.54) is 29.5 Å². The van der Waals surface area contributed by atoms with Crippen LogP contribution >= 0.6 is 0 Å². The highest BCUT2D eigenvalue weighted by atomic mass is 16.1. The van der Waals surface area contributed by atoms with Crippen molar-refractivity contribution in [3.8, 4) is 0 Å². The molecule has 2 aromatic rings. The van der Waals surface area contributed by atoms with Crippen LogP contribution in [0.2, 0.25) is 0 Å². The predicted octanol–water partition coefficient (Wildman–Crippen LogP) is 5.83. The molecule has 0 unspecified atom stereocenters. The number of hydrogen-bond acceptors (Lipinski definition) is 1. The fourth-order valence-corrected chi connectivity index (χ4v) is 7.61. The second-order valence-corrected chi connectivity index (χ2v) is 9.41. The lowest BCUT2D eigenvalue weighted by Gasteiger charge is -2.67. The molecular weight excluding hydrogens is 340 g/mol. The maximum atomic E-state index is 14.0. The van der Waals surface area contributed by atoms with Crippen molar-refractivity contribution in [3.63, 3.8) is 0 Å². The molecule has 1 heteroatoms. The first-order valence-electron chi connectivity index (χ1n) is 10.7. The van der Waals surface area contributed by atoms with Gasteiger partial charge >= 0.3 is 0 Å². The van der Waals surface area contributed by atoms with E-state index < -0.39 is 0 Å². The van der Waals surface area contributed by atoms with Crippen LogP contribution in [0, 0.1) is 29.1 Å². The molecule has 2 saturated carbocycles. The number of Topliss-reactive ketones (excluding diaryl/α,β-unsaturated/α-hetero) is 1. The quantitative estimate of drug-likeness (QED) is 0.611. The monoisotopic (exact) mass is 366 g/mol. The number of allylic oxidation sites excluding steroid dienone is 4. The molecule has 140 valence electrons. The van der Waals surface area contributed by atoms with Crippen LogP contribution in [0.15, 0.2) is 78.4 Å². The topological polar surface area (TPSA) is 17.1 Å². The van der Waals surface area contributed by atoms with Crippen LogP contribution in [-0.2, 0) is 10.2 Å². The van der Waals surface area contributed by atoms with E-state index in [-0.39, 0.29) is 10.8 Å². The Hall–Kier alpha value is -2.41. The van der Waals surface area contributed by atoms with Crippen LogP contribution in [0.5, 0.6) is 0 Å². The molecule has 0 aliphatic heterocycles. The van der Waals surface area contributed by atoms with E-state index in [0.29, 0.717) is 29.5 Å². The van der Waals surface area contributed by atoms with Gasteiger partial charge in [0.25, 0.3) is 0 Å². The minimum absolute atomic E-state index is 0.252. The number of benzene rings is 2. The molecule has 1 nitrogen and oxygen atoms in total. The van der Waals surface area contributed by atoms with Crippen molar-refractivity contribution in [3.05, 3.63) is 89.5 Å². The first-order valence-corrected chi connectivity index (χ1v) is 10.7. The van der Waals surface area contributed by atoms with Crippen molar-refractivity contribution >= 4 is 11.4 Å². The van der Waals surface area contributed by atoms with E-state index in [4.69, 9.17) is 0 Å². The van der Waals surface area contributed by atoms with Gasteiger partial charge in [0.2, 0.25) is 0 Å². The molecule has 0 N–H and O–H groups in total. The lowest BCUT2D eigenvalue weighted by Crippen LogP contribution is -2.66. The Morgan fingerprint density at radius 3 is 2.04 bits per heavy atom. The molecule has 2 bridgehead atoms. The molecule has 0 heterocycles. The number of rotatable bonds is 2. The standard InChI is InChI=1S/C27H26O/c1-17-24(18-9-5-3-6-10-18)27(19-11-7-4-8-12-19)23-16-15-22(20-13-14-21(20)23)26(27,2)25(17)28/h3-12,15-16,20-23H,13-14H2,1-2H3/t20-,21+,22+,23+,26+,27+/m1/s1. The molecule has 6 atom stereocenters. The first kappa shape index (κ1) is 16.5. The molecule has 0 saturated heterocycles. The second kappa shape index (κ2) is 5.35. The largest absolute Gasteiger partial charge is 0.294 e. The first-order chi connectivity index (χ1) is 13.6. The Bertz CT molecular complexity index is 1030. The third-order valence-corrected chi connectivity index (χ3v) is 8.69. The van der Waals surface area contributed by atoms with E-state index in [1.807, 2.05) is 0 Å². The fraction of sp³-hybridized carbons (Fsp3) is 0.370. The molecule has 2 aromatic carbocycles. The van der Waals surface area contributed by atoms with Crippen LogP contribution in [0.4, 0.5) is 0 Å². The van der Waals surface area contributed by atoms with Crippen LogP contribution < -0.4 is 0 Å². The molecular formula is C27H26O. The molecule has 2 fully saturated rings. The lowest BCUT2D eigenvalue weighted by molar-refractivity contribution is -0.146. The van der Waals surface area contributed by atoms with Crippen molar-refractivity contribution in [1.29, 1.82) is 0 Å². The van der Waals surface area contributed by atoms with Crippen LogP contribution in [-0.4, -0.2) is 5.78 Å². The van der Waals surface area contributed by atoms with Gasteiger partial charge in [0.15, 0.2) is 5.78 Å². The number of carbonyl (C=O) groups is 1. The van der Waals surface area contributed by atoms with Crippen LogP contribution in [0.1, 0.15) is 37.8 Å². The van der Waals surface area contributed by atoms with Gasteiger partial charge in [-0.3, -0.25) is 4.79 Å².